The molecule has 0 bridgehead atoms. The number of rotatable bonds is 3. The summed E-state index contributed by atoms with van der Waals surface area (Å²) in [7, 11) is 3.30. The second kappa shape index (κ2) is 5.42. The summed E-state index contributed by atoms with van der Waals surface area (Å²) in [6, 6.07) is 0. The molecule has 4 heteroatoms. The third kappa shape index (κ3) is 4.64. The molecule has 0 aromatic rings. The number of carbonyl (C=O) groups excluding carboxylic acids is 2. The minimum atomic E-state index is -0.230. The lowest BCUT2D eigenvalue weighted by Gasteiger charge is -2.14. The first-order chi connectivity index (χ1) is 6.34. The highest BCUT2D eigenvalue weighted by Crippen LogP contribution is 2.02. The largest absolute Gasteiger partial charge is 0.344 e. The predicted octanol–water partition coefficient (Wildman–Crippen LogP) is 0.751. The van der Waals surface area contributed by atoms with E-state index in [1.54, 1.807) is 20.2 Å². The third-order valence-electron chi connectivity index (χ3n) is 1.45. The lowest BCUT2D eigenvalue weighted by atomic mass is 10.1. The van der Waals surface area contributed by atoms with Crippen molar-refractivity contribution < 1.29 is 9.59 Å². The van der Waals surface area contributed by atoms with E-state index in [1.165, 1.54) is 11.8 Å². The van der Waals surface area contributed by atoms with Crippen LogP contribution < -0.4 is 5.32 Å². The average Bonchev–Trinajstić information content (AvgIpc) is 1.99. The molecular weight excluding hydrogens is 180 g/mol. The fourth-order valence-corrected chi connectivity index (χ4v) is 0.930. The molecule has 0 aliphatic rings. The molecule has 0 unspecified atom stereocenters. The van der Waals surface area contributed by atoms with Gasteiger partial charge in [-0.1, -0.05) is 19.9 Å². The number of likely N-dealkylation sites (N-methyl/N-ethyl adjacent to an activating group) is 1. The lowest BCUT2D eigenvalue weighted by molar-refractivity contribution is -0.127. The molecule has 80 valence electrons. The summed E-state index contributed by atoms with van der Waals surface area (Å²) >= 11 is 0. The SMILES string of the molecule is CC(=O)N/C(=C/C(C)C)C(=O)N(C)C. The molecular formula is C10H18N2O2. The summed E-state index contributed by atoms with van der Waals surface area (Å²) in [5.74, 6) is -0.193. The summed E-state index contributed by atoms with van der Waals surface area (Å²) < 4.78 is 0. The number of hydrogen-bond donors (Lipinski definition) is 1. The van der Waals surface area contributed by atoms with Crippen LogP contribution in [0.4, 0.5) is 0 Å². The van der Waals surface area contributed by atoms with E-state index in [0.29, 0.717) is 5.70 Å². The van der Waals surface area contributed by atoms with Crippen molar-refractivity contribution in [2.75, 3.05) is 14.1 Å². The van der Waals surface area contributed by atoms with Gasteiger partial charge in [0, 0.05) is 21.0 Å². The third-order valence-corrected chi connectivity index (χ3v) is 1.45. The maximum atomic E-state index is 11.6. The highest BCUT2D eigenvalue weighted by atomic mass is 16.2. The van der Waals surface area contributed by atoms with E-state index >= 15 is 0 Å². The molecule has 0 saturated heterocycles. The van der Waals surface area contributed by atoms with Crippen LogP contribution in [0.15, 0.2) is 11.8 Å². The van der Waals surface area contributed by atoms with E-state index in [1.807, 2.05) is 13.8 Å². The monoisotopic (exact) mass is 198 g/mol. The van der Waals surface area contributed by atoms with Crippen LogP contribution in [0.1, 0.15) is 20.8 Å². The molecule has 0 aromatic carbocycles. The highest BCUT2D eigenvalue weighted by molar-refractivity contribution is 5.96. The summed E-state index contributed by atoms with van der Waals surface area (Å²) in [5, 5.41) is 2.52. The molecule has 0 atom stereocenters. The van der Waals surface area contributed by atoms with Crippen LogP contribution in [0.5, 0.6) is 0 Å². The van der Waals surface area contributed by atoms with E-state index in [9.17, 15) is 9.59 Å². The fraction of sp³-hybridized carbons (Fsp3) is 0.600. The Hall–Kier alpha value is -1.32. The van der Waals surface area contributed by atoms with Crippen molar-refractivity contribution in [1.29, 1.82) is 0 Å². The van der Waals surface area contributed by atoms with E-state index in [4.69, 9.17) is 0 Å². The molecule has 4 nitrogen and oxygen atoms in total. The number of hydrogen-bond acceptors (Lipinski definition) is 2. The fourth-order valence-electron chi connectivity index (χ4n) is 0.930. The minimum absolute atomic E-state index is 0.186. The Morgan fingerprint density at radius 1 is 1.29 bits per heavy atom. The zero-order valence-electron chi connectivity index (χ0n) is 9.42. The Morgan fingerprint density at radius 3 is 2.07 bits per heavy atom. The predicted molar refractivity (Wildman–Crippen MR) is 55.4 cm³/mol. The molecule has 0 spiro atoms. The molecule has 14 heavy (non-hydrogen) atoms. The van der Waals surface area contributed by atoms with Gasteiger partial charge in [-0.2, -0.15) is 0 Å². The summed E-state index contributed by atoms with van der Waals surface area (Å²) in [5.41, 5.74) is 0.345. The molecule has 0 fully saturated rings. The Morgan fingerprint density at radius 2 is 1.79 bits per heavy atom. The Bertz CT molecular complexity index is 255. The Balaban J connectivity index is 4.73. The zero-order valence-corrected chi connectivity index (χ0v) is 9.42. The number of carbonyl (C=O) groups is 2. The molecule has 0 aliphatic heterocycles. The summed E-state index contributed by atoms with van der Waals surface area (Å²) in [6.07, 6.45) is 1.74. The molecule has 0 rings (SSSR count). The zero-order chi connectivity index (χ0) is 11.3. The van der Waals surface area contributed by atoms with Crippen molar-refractivity contribution >= 4 is 11.8 Å². The van der Waals surface area contributed by atoms with Gasteiger partial charge in [0.05, 0.1) is 0 Å². The van der Waals surface area contributed by atoms with Crippen LogP contribution >= 0.6 is 0 Å². The van der Waals surface area contributed by atoms with Crippen LogP contribution in [-0.4, -0.2) is 30.8 Å². The maximum Gasteiger partial charge on any atom is 0.269 e. The van der Waals surface area contributed by atoms with E-state index in [0.717, 1.165) is 0 Å². The van der Waals surface area contributed by atoms with E-state index < -0.39 is 0 Å². The number of amides is 2. The molecule has 0 aromatic heterocycles. The maximum absolute atomic E-state index is 11.6. The molecule has 0 heterocycles. The van der Waals surface area contributed by atoms with Gasteiger partial charge < -0.3 is 10.2 Å². The first kappa shape index (κ1) is 12.7. The summed E-state index contributed by atoms with van der Waals surface area (Å²) in [4.78, 5) is 23.8. The second-order valence-electron chi connectivity index (χ2n) is 3.71. The number of nitrogens with zero attached hydrogens (tertiary/aromatic N) is 1. The lowest BCUT2D eigenvalue weighted by Crippen LogP contribution is -2.33. The smallest absolute Gasteiger partial charge is 0.269 e. The van der Waals surface area contributed by atoms with Gasteiger partial charge in [-0.05, 0) is 5.92 Å². The molecule has 0 radical (unpaired) electrons. The van der Waals surface area contributed by atoms with E-state index in [-0.39, 0.29) is 17.7 Å². The van der Waals surface area contributed by atoms with Crippen molar-refractivity contribution in [3.63, 3.8) is 0 Å². The molecule has 1 N–H and O–H groups in total. The molecule has 0 aliphatic carbocycles. The van der Waals surface area contributed by atoms with Crippen LogP contribution in [0.3, 0.4) is 0 Å². The minimum Gasteiger partial charge on any atom is -0.344 e. The van der Waals surface area contributed by atoms with Crippen molar-refractivity contribution in [3.8, 4) is 0 Å². The molecule has 0 saturated carbocycles. The van der Waals surface area contributed by atoms with Gasteiger partial charge in [0.2, 0.25) is 5.91 Å². The van der Waals surface area contributed by atoms with Crippen molar-refractivity contribution in [2.45, 2.75) is 20.8 Å². The second-order valence-corrected chi connectivity index (χ2v) is 3.71. The van der Waals surface area contributed by atoms with Crippen molar-refractivity contribution in [1.82, 2.24) is 10.2 Å². The van der Waals surface area contributed by atoms with Crippen molar-refractivity contribution in [3.05, 3.63) is 11.8 Å². The van der Waals surface area contributed by atoms with Crippen molar-refractivity contribution in [2.24, 2.45) is 5.92 Å². The standard InChI is InChI=1S/C10H18N2O2/c1-7(2)6-9(11-8(3)13)10(14)12(4)5/h6-7H,1-5H3,(H,11,13)/b9-6+. The van der Waals surface area contributed by atoms with Crippen LogP contribution in [0, 0.1) is 5.92 Å². The van der Waals surface area contributed by atoms with Gasteiger partial charge in [-0.3, -0.25) is 9.59 Å². The number of allylic oxidation sites excluding steroid dienone is 1. The van der Waals surface area contributed by atoms with Gasteiger partial charge in [-0.15, -0.1) is 0 Å². The quantitative estimate of drug-likeness (QED) is 0.680. The Labute approximate surface area is 85.0 Å². The van der Waals surface area contributed by atoms with Crippen LogP contribution in [0.25, 0.3) is 0 Å². The normalized spacial score (nSPS) is 11.4. The molecule has 2 amide bonds. The Kier molecular flexibility index (Phi) is 4.91. The first-order valence-electron chi connectivity index (χ1n) is 4.55. The van der Waals surface area contributed by atoms with Crippen LogP contribution in [0.2, 0.25) is 0 Å². The van der Waals surface area contributed by atoms with Crippen LogP contribution in [-0.2, 0) is 9.59 Å². The topological polar surface area (TPSA) is 49.4 Å². The van der Waals surface area contributed by atoms with Gasteiger partial charge in [0.15, 0.2) is 0 Å². The number of nitrogens with one attached hydrogen (secondary N) is 1. The first-order valence-corrected chi connectivity index (χ1v) is 4.55. The van der Waals surface area contributed by atoms with Gasteiger partial charge in [0.1, 0.15) is 5.70 Å². The van der Waals surface area contributed by atoms with Gasteiger partial charge >= 0.3 is 0 Å². The average molecular weight is 198 g/mol. The highest BCUT2D eigenvalue weighted by Gasteiger charge is 2.12. The van der Waals surface area contributed by atoms with Gasteiger partial charge in [-0.25, -0.2) is 0 Å². The van der Waals surface area contributed by atoms with Gasteiger partial charge in [0.25, 0.3) is 5.91 Å². The summed E-state index contributed by atoms with van der Waals surface area (Å²) in [6.45, 7) is 5.28. The van der Waals surface area contributed by atoms with E-state index in [2.05, 4.69) is 5.32 Å².